The summed E-state index contributed by atoms with van der Waals surface area (Å²) in [6, 6.07) is 0. The van der Waals surface area contributed by atoms with Crippen LogP contribution in [0.1, 0.15) is 0 Å². The number of aryl methyl sites for hydroxylation is 1. The Morgan fingerprint density at radius 2 is 2.07 bits per heavy atom. The van der Waals surface area contributed by atoms with Gasteiger partial charge in [0.2, 0.25) is 0 Å². The highest BCUT2D eigenvalue weighted by Gasteiger charge is 2.12. The number of imidazole rings is 1. The van der Waals surface area contributed by atoms with Crippen molar-refractivity contribution in [1.29, 1.82) is 0 Å². The van der Waals surface area contributed by atoms with Gasteiger partial charge in [0.25, 0.3) is 5.56 Å². The van der Waals surface area contributed by atoms with Gasteiger partial charge in [0.15, 0.2) is 11.2 Å². The highest BCUT2D eigenvalue weighted by atomic mass is 16.2. The molecule has 15 heavy (non-hydrogen) atoms. The summed E-state index contributed by atoms with van der Waals surface area (Å²) < 4.78 is 3.86. The summed E-state index contributed by atoms with van der Waals surface area (Å²) in [5, 5.41) is 0. The average molecular weight is 206 g/mol. The molecule has 0 fully saturated rings. The molecule has 0 aromatic carbocycles. The Morgan fingerprint density at radius 1 is 1.40 bits per heavy atom. The van der Waals surface area contributed by atoms with E-state index in [1.807, 2.05) is 0 Å². The summed E-state index contributed by atoms with van der Waals surface area (Å²) in [7, 11) is 3.13. The molecule has 0 bridgehead atoms. The van der Waals surface area contributed by atoms with Crippen LogP contribution in [0.2, 0.25) is 0 Å². The summed E-state index contributed by atoms with van der Waals surface area (Å²) in [4.78, 5) is 27.4. The van der Waals surface area contributed by atoms with E-state index in [0.29, 0.717) is 11.2 Å². The van der Waals surface area contributed by atoms with Crippen molar-refractivity contribution in [2.45, 2.75) is 0 Å². The smallest absolute Gasteiger partial charge is 0.328 e. The normalized spacial score (nSPS) is 10.8. The van der Waals surface area contributed by atoms with Crippen molar-refractivity contribution in [3.8, 4) is 0 Å². The minimum atomic E-state index is -0.443. The minimum Gasteiger partial charge on any atom is -0.328 e. The fraction of sp³-hybridized carbons (Fsp3) is 0.222. The van der Waals surface area contributed by atoms with E-state index in [9.17, 15) is 9.59 Å². The predicted molar refractivity (Wildman–Crippen MR) is 56.6 cm³/mol. The Kier molecular flexibility index (Phi) is 1.85. The number of hydrogen-bond acceptors (Lipinski definition) is 3. The van der Waals surface area contributed by atoms with Crippen LogP contribution in [0.15, 0.2) is 22.5 Å². The van der Waals surface area contributed by atoms with E-state index < -0.39 is 5.69 Å². The first-order valence-corrected chi connectivity index (χ1v) is 4.33. The highest BCUT2D eigenvalue weighted by Crippen LogP contribution is 2.03. The van der Waals surface area contributed by atoms with Crippen LogP contribution in [0.5, 0.6) is 0 Å². The lowest BCUT2D eigenvalue weighted by atomic mass is 10.5. The van der Waals surface area contributed by atoms with Crippen molar-refractivity contribution < 1.29 is 0 Å². The van der Waals surface area contributed by atoms with Crippen molar-refractivity contribution in [2.24, 2.45) is 14.1 Å². The third-order valence-corrected chi connectivity index (χ3v) is 2.33. The third-order valence-electron chi connectivity index (χ3n) is 2.33. The average Bonchev–Trinajstić information content (AvgIpc) is 2.58. The zero-order valence-corrected chi connectivity index (χ0v) is 8.47. The van der Waals surface area contributed by atoms with Crippen LogP contribution in [0.3, 0.4) is 0 Å². The van der Waals surface area contributed by atoms with Crippen LogP contribution in [0.4, 0.5) is 0 Å². The van der Waals surface area contributed by atoms with Crippen LogP contribution in [-0.4, -0.2) is 18.7 Å². The second-order valence-corrected chi connectivity index (χ2v) is 3.23. The van der Waals surface area contributed by atoms with E-state index in [1.54, 1.807) is 11.6 Å². The standard InChI is InChI=1S/C9H10N4O2/c1-4-13-7-6(11(2)5-10-7)8(14)12(3)9(13)15/h4-5H,1H2,2-3H3. The van der Waals surface area contributed by atoms with Crippen LogP contribution in [0.25, 0.3) is 17.4 Å². The van der Waals surface area contributed by atoms with Gasteiger partial charge in [0.1, 0.15) is 0 Å². The number of rotatable bonds is 1. The van der Waals surface area contributed by atoms with E-state index in [-0.39, 0.29) is 5.56 Å². The summed E-state index contributed by atoms with van der Waals surface area (Å²) in [6.45, 7) is 3.52. The Balaban J connectivity index is 3.22. The molecule has 6 heteroatoms. The molecule has 2 aromatic heterocycles. The topological polar surface area (TPSA) is 61.8 Å². The molecule has 2 aromatic rings. The zero-order valence-electron chi connectivity index (χ0n) is 8.47. The van der Waals surface area contributed by atoms with E-state index in [0.717, 1.165) is 4.57 Å². The van der Waals surface area contributed by atoms with Crippen LogP contribution >= 0.6 is 0 Å². The maximum Gasteiger partial charge on any atom is 0.336 e. The number of nitrogens with zero attached hydrogens (tertiary/aromatic N) is 4. The minimum absolute atomic E-state index is 0.334. The lowest BCUT2D eigenvalue weighted by Gasteiger charge is -2.03. The first-order chi connectivity index (χ1) is 7.07. The van der Waals surface area contributed by atoms with Crippen molar-refractivity contribution in [2.75, 3.05) is 0 Å². The molecular weight excluding hydrogens is 196 g/mol. The predicted octanol–water partition coefficient (Wildman–Crippen LogP) is -0.466. The van der Waals surface area contributed by atoms with Gasteiger partial charge in [-0.05, 0) is 0 Å². The first-order valence-electron chi connectivity index (χ1n) is 4.33. The van der Waals surface area contributed by atoms with Crippen molar-refractivity contribution in [1.82, 2.24) is 18.7 Å². The van der Waals surface area contributed by atoms with Crippen molar-refractivity contribution in [3.05, 3.63) is 33.7 Å². The quantitative estimate of drug-likeness (QED) is 0.634. The van der Waals surface area contributed by atoms with Gasteiger partial charge >= 0.3 is 5.69 Å². The fourth-order valence-corrected chi connectivity index (χ4v) is 1.50. The molecule has 2 rings (SSSR count). The fourth-order valence-electron chi connectivity index (χ4n) is 1.50. The molecule has 0 saturated carbocycles. The van der Waals surface area contributed by atoms with Gasteiger partial charge in [-0.3, -0.25) is 13.9 Å². The highest BCUT2D eigenvalue weighted by molar-refractivity contribution is 5.71. The Bertz CT molecular complexity index is 659. The van der Waals surface area contributed by atoms with Crippen LogP contribution in [0, 0.1) is 0 Å². The molecule has 0 saturated heterocycles. The molecule has 2 heterocycles. The van der Waals surface area contributed by atoms with Gasteiger partial charge < -0.3 is 4.57 Å². The SMILES string of the molecule is C=Cn1c(=O)n(C)c(=O)c2c1ncn2C. The number of aromatic nitrogens is 4. The molecule has 0 aliphatic rings. The van der Waals surface area contributed by atoms with E-state index >= 15 is 0 Å². The maximum absolute atomic E-state index is 11.8. The molecule has 0 amide bonds. The van der Waals surface area contributed by atoms with E-state index in [4.69, 9.17) is 0 Å². The lowest BCUT2D eigenvalue weighted by Crippen LogP contribution is -2.36. The second kappa shape index (κ2) is 2.94. The Labute approximate surface area is 84.7 Å². The molecule has 0 radical (unpaired) electrons. The number of hydrogen-bond donors (Lipinski definition) is 0. The largest absolute Gasteiger partial charge is 0.336 e. The van der Waals surface area contributed by atoms with Gasteiger partial charge in [-0.25, -0.2) is 9.78 Å². The lowest BCUT2D eigenvalue weighted by molar-refractivity contribution is 0.756. The summed E-state index contributed by atoms with van der Waals surface area (Å²) in [6.07, 6.45) is 2.84. The van der Waals surface area contributed by atoms with Crippen LogP contribution in [-0.2, 0) is 14.1 Å². The van der Waals surface area contributed by atoms with E-state index in [1.165, 1.54) is 24.1 Å². The molecule has 0 spiro atoms. The van der Waals surface area contributed by atoms with Gasteiger partial charge in [0, 0.05) is 20.3 Å². The molecule has 0 aliphatic carbocycles. The molecule has 0 aliphatic heterocycles. The molecule has 0 N–H and O–H groups in total. The number of fused-ring (bicyclic) bond motifs is 1. The molecule has 78 valence electrons. The zero-order chi connectivity index (χ0) is 11.2. The monoisotopic (exact) mass is 206 g/mol. The van der Waals surface area contributed by atoms with Gasteiger partial charge in [-0.1, -0.05) is 6.58 Å². The van der Waals surface area contributed by atoms with Gasteiger partial charge in [0.05, 0.1) is 6.33 Å². The Hall–Kier alpha value is -2.11. The Morgan fingerprint density at radius 3 is 2.67 bits per heavy atom. The van der Waals surface area contributed by atoms with Crippen molar-refractivity contribution >= 4 is 17.4 Å². The molecule has 0 unspecified atom stereocenters. The maximum atomic E-state index is 11.8. The van der Waals surface area contributed by atoms with Gasteiger partial charge in [-0.15, -0.1) is 0 Å². The third kappa shape index (κ3) is 1.08. The summed E-state index contributed by atoms with van der Waals surface area (Å²) >= 11 is 0. The summed E-state index contributed by atoms with van der Waals surface area (Å²) in [5.74, 6) is 0. The van der Waals surface area contributed by atoms with Crippen molar-refractivity contribution in [3.63, 3.8) is 0 Å². The van der Waals surface area contributed by atoms with Crippen LogP contribution < -0.4 is 11.2 Å². The molecular formula is C9H10N4O2. The molecule has 0 atom stereocenters. The summed E-state index contributed by atoms with van der Waals surface area (Å²) in [5.41, 5.74) is -0.0769. The second-order valence-electron chi connectivity index (χ2n) is 3.23. The van der Waals surface area contributed by atoms with E-state index in [2.05, 4.69) is 11.6 Å². The molecule has 6 nitrogen and oxygen atoms in total. The first kappa shape index (κ1) is 9.45. The van der Waals surface area contributed by atoms with Gasteiger partial charge in [-0.2, -0.15) is 0 Å².